The highest BCUT2D eigenvalue weighted by molar-refractivity contribution is 7.89. The SMILES string of the molecule is Cc1cccc(S(=O)(=O)N(C)C(C)(C)CCl)c1. The first kappa shape index (κ1) is 14.5. The van der Waals surface area contributed by atoms with E-state index in [-0.39, 0.29) is 5.88 Å². The molecule has 0 N–H and O–H groups in total. The molecule has 0 amide bonds. The van der Waals surface area contributed by atoms with E-state index in [4.69, 9.17) is 11.6 Å². The number of rotatable bonds is 4. The topological polar surface area (TPSA) is 37.4 Å². The molecular weight excluding hydrogens is 258 g/mol. The average molecular weight is 276 g/mol. The Kier molecular flexibility index (Phi) is 4.23. The first-order valence-electron chi connectivity index (χ1n) is 5.33. The van der Waals surface area contributed by atoms with Gasteiger partial charge in [-0.15, -0.1) is 11.6 Å². The van der Waals surface area contributed by atoms with Crippen molar-refractivity contribution in [2.45, 2.75) is 31.2 Å². The summed E-state index contributed by atoms with van der Waals surface area (Å²) >= 11 is 5.81. The molecule has 0 unspecified atom stereocenters. The Bertz CT molecular complexity index is 497. The second-order valence-corrected chi connectivity index (χ2v) is 6.97. The van der Waals surface area contributed by atoms with Gasteiger partial charge < -0.3 is 0 Å². The van der Waals surface area contributed by atoms with Crippen LogP contribution in [0.4, 0.5) is 0 Å². The van der Waals surface area contributed by atoms with Gasteiger partial charge in [0.15, 0.2) is 0 Å². The monoisotopic (exact) mass is 275 g/mol. The van der Waals surface area contributed by atoms with E-state index in [0.717, 1.165) is 5.56 Å². The summed E-state index contributed by atoms with van der Waals surface area (Å²) in [5.41, 5.74) is 0.313. The van der Waals surface area contributed by atoms with Crippen LogP contribution in [0.5, 0.6) is 0 Å². The van der Waals surface area contributed by atoms with Crippen LogP contribution in [-0.4, -0.2) is 31.2 Å². The lowest BCUT2D eigenvalue weighted by atomic mass is 10.1. The van der Waals surface area contributed by atoms with Crippen LogP contribution in [0.25, 0.3) is 0 Å². The Morgan fingerprint density at radius 1 is 1.35 bits per heavy atom. The van der Waals surface area contributed by atoms with Crippen LogP contribution in [0, 0.1) is 6.92 Å². The minimum Gasteiger partial charge on any atom is -0.207 e. The van der Waals surface area contributed by atoms with E-state index in [2.05, 4.69) is 0 Å². The fraction of sp³-hybridized carbons (Fsp3) is 0.500. The van der Waals surface area contributed by atoms with Gasteiger partial charge in [0.1, 0.15) is 0 Å². The Morgan fingerprint density at radius 2 is 1.94 bits per heavy atom. The number of benzene rings is 1. The number of halogens is 1. The summed E-state index contributed by atoms with van der Waals surface area (Å²) in [5, 5.41) is 0. The van der Waals surface area contributed by atoms with Gasteiger partial charge in [0.05, 0.1) is 4.90 Å². The Morgan fingerprint density at radius 3 is 2.41 bits per heavy atom. The Balaban J connectivity index is 3.21. The summed E-state index contributed by atoms with van der Waals surface area (Å²) in [6.45, 7) is 5.46. The molecule has 0 atom stereocenters. The minimum absolute atomic E-state index is 0.245. The molecule has 17 heavy (non-hydrogen) atoms. The van der Waals surface area contributed by atoms with Gasteiger partial charge in [-0.1, -0.05) is 12.1 Å². The Labute approximate surface area is 108 Å². The summed E-state index contributed by atoms with van der Waals surface area (Å²) in [6.07, 6.45) is 0. The van der Waals surface area contributed by atoms with E-state index < -0.39 is 15.6 Å². The molecule has 0 aromatic heterocycles. The van der Waals surface area contributed by atoms with Gasteiger partial charge in [0.25, 0.3) is 0 Å². The van der Waals surface area contributed by atoms with E-state index >= 15 is 0 Å². The normalized spacial score (nSPS) is 13.1. The number of hydrogen-bond donors (Lipinski definition) is 0. The summed E-state index contributed by atoms with van der Waals surface area (Å²) in [7, 11) is -1.93. The molecule has 1 rings (SSSR count). The lowest BCUT2D eigenvalue weighted by molar-refractivity contribution is 0.296. The molecule has 0 fully saturated rings. The van der Waals surface area contributed by atoms with Crippen molar-refractivity contribution in [2.24, 2.45) is 0 Å². The number of sulfonamides is 1. The molecule has 0 saturated carbocycles. The van der Waals surface area contributed by atoms with Crippen LogP contribution in [0.1, 0.15) is 19.4 Å². The molecule has 0 bridgehead atoms. The highest BCUT2D eigenvalue weighted by Crippen LogP contribution is 2.24. The van der Waals surface area contributed by atoms with Crippen LogP contribution in [0.3, 0.4) is 0 Å². The lowest BCUT2D eigenvalue weighted by Gasteiger charge is -2.32. The number of nitrogens with zero attached hydrogens (tertiary/aromatic N) is 1. The van der Waals surface area contributed by atoms with Crippen molar-refractivity contribution in [3.8, 4) is 0 Å². The smallest absolute Gasteiger partial charge is 0.207 e. The maximum absolute atomic E-state index is 12.4. The first-order valence-corrected chi connectivity index (χ1v) is 7.31. The second-order valence-electron chi connectivity index (χ2n) is 4.74. The van der Waals surface area contributed by atoms with E-state index in [0.29, 0.717) is 4.90 Å². The minimum atomic E-state index is -3.48. The van der Waals surface area contributed by atoms with Gasteiger partial charge in [-0.05, 0) is 38.5 Å². The van der Waals surface area contributed by atoms with Crippen molar-refractivity contribution in [3.05, 3.63) is 29.8 Å². The van der Waals surface area contributed by atoms with E-state index in [1.54, 1.807) is 39.1 Å². The number of alkyl halides is 1. The summed E-state index contributed by atoms with van der Waals surface area (Å²) in [5.74, 6) is 0.245. The predicted octanol–water partition coefficient (Wildman–Crippen LogP) is 2.63. The lowest BCUT2D eigenvalue weighted by Crippen LogP contribution is -2.46. The quantitative estimate of drug-likeness (QED) is 0.792. The zero-order valence-electron chi connectivity index (χ0n) is 10.6. The fourth-order valence-electron chi connectivity index (χ4n) is 1.34. The average Bonchev–Trinajstić information content (AvgIpc) is 2.28. The van der Waals surface area contributed by atoms with Crippen molar-refractivity contribution in [1.82, 2.24) is 4.31 Å². The molecule has 0 aliphatic carbocycles. The van der Waals surface area contributed by atoms with Crippen molar-refractivity contribution in [3.63, 3.8) is 0 Å². The molecule has 1 aromatic rings. The van der Waals surface area contributed by atoms with Crippen LogP contribution in [0.2, 0.25) is 0 Å². The zero-order chi connectivity index (χ0) is 13.3. The fourth-order valence-corrected chi connectivity index (χ4v) is 3.21. The summed E-state index contributed by atoms with van der Waals surface area (Å²) in [4.78, 5) is 0.304. The van der Waals surface area contributed by atoms with Crippen molar-refractivity contribution >= 4 is 21.6 Å². The largest absolute Gasteiger partial charge is 0.243 e. The maximum atomic E-state index is 12.4. The highest BCUT2D eigenvalue weighted by atomic mass is 35.5. The third kappa shape index (κ3) is 3.00. The summed E-state index contributed by atoms with van der Waals surface area (Å²) < 4.78 is 26.0. The standard InChI is InChI=1S/C12H18ClNO2S/c1-10-6-5-7-11(8-10)17(15,16)14(4)12(2,3)9-13/h5-8H,9H2,1-4H3. The Hall–Kier alpha value is -0.580. The molecule has 0 heterocycles. The van der Waals surface area contributed by atoms with Gasteiger partial charge >= 0.3 is 0 Å². The van der Waals surface area contributed by atoms with Crippen molar-refractivity contribution < 1.29 is 8.42 Å². The molecule has 0 spiro atoms. The predicted molar refractivity (Wildman–Crippen MR) is 70.9 cm³/mol. The molecule has 0 aliphatic heterocycles. The second kappa shape index (κ2) is 4.96. The van der Waals surface area contributed by atoms with Crippen LogP contribution < -0.4 is 0 Å². The van der Waals surface area contributed by atoms with Gasteiger partial charge in [0.2, 0.25) is 10.0 Å². The molecule has 5 heteroatoms. The highest BCUT2D eigenvalue weighted by Gasteiger charge is 2.33. The van der Waals surface area contributed by atoms with E-state index in [1.807, 2.05) is 13.0 Å². The third-order valence-electron chi connectivity index (χ3n) is 2.83. The summed E-state index contributed by atoms with van der Waals surface area (Å²) in [6, 6.07) is 6.87. The van der Waals surface area contributed by atoms with Gasteiger partial charge in [-0.25, -0.2) is 8.42 Å². The molecule has 1 aromatic carbocycles. The zero-order valence-corrected chi connectivity index (χ0v) is 12.1. The third-order valence-corrected chi connectivity index (χ3v) is 5.55. The molecular formula is C12H18ClNO2S. The van der Waals surface area contributed by atoms with Gasteiger partial charge in [0, 0.05) is 18.5 Å². The van der Waals surface area contributed by atoms with E-state index in [9.17, 15) is 8.42 Å². The molecule has 0 radical (unpaired) electrons. The number of hydrogen-bond acceptors (Lipinski definition) is 2. The van der Waals surface area contributed by atoms with Crippen LogP contribution >= 0.6 is 11.6 Å². The molecule has 3 nitrogen and oxygen atoms in total. The first-order chi connectivity index (χ1) is 7.71. The van der Waals surface area contributed by atoms with Crippen molar-refractivity contribution in [1.29, 1.82) is 0 Å². The van der Waals surface area contributed by atoms with Gasteiger partial charge in [-0.2, -0.15) is 4.31 Å². The molecule has 0 saturated heterocycles. The van der Waals surface area contributed by atoms with Gasteiger partial charge in [-0.3, -0.25) is 0 Å². The van der Waals surface area contributed by atoms with E-state index in [1.165, 1.54) is 4.31 Å². The van der Waals surface area contributed by atoms with Crippen LogP contribution in [0.15, 0.2) is 29.2 Å². The molecule has 0 aliphatic rings. The van der Waals surface area contributed by atoms with Crippen LogP contribution in [-0.2, 0) is 10.0 Å². The van der Waals surface area contributed by atoms with Crippen molar-refractivity contribution in [2.75, 3.05) is 12.9 Å². The maximum Gasteiger partial charge on any atom is 0.243 e. The molecule has 96 valence electrons. The number of aryl methyl sites for hydroxylation is 1.